The molecular formula is C3H8ClNO. The SMILES string of the molecule is C=CCNCl.O. The van der Waals surface area contributed by atoms with Crippen molar-refractivity contribution in [2.75, 3.05) is 6.54 Å². The molecule has 0 saturated carbocycles. The van der Waals surface area contributed by atoms with Crippen LogP contribution in [0.3, 0.4) is 0 Å². The van der Waals surface area contributed by atoms with Gasteiger partial charge in [-0.2, -0.15) is 0 Å². The zero-order valence-corrected chi connectivity index (χ0v) is 4.13. The molecule has 0 heterocycles. The molecule has 2 nitrogen and oxygen atoms in total. The molecule has 0 amide bonds. The molecule has 0 bridgehead atoms. The fourth-order valence-corrected chi connectivity index (χ4v) is 0.164. The van der Waals surface area contributed by atoms with Crippen LogP contribution in [-0.4, -0.2) is 12.0 Å². The van der Waals surface area contributed by atoms with Crippen LogP contribution in [-0.2, 0) is 0 Å². The highest BCUT2D eigenvalue weighted by Gasteiger charge is 1.59. The van der Waals surface area contributed by atoms with E-state index in [1.165, 1.54) is 0 Å². The van der Waals surface area contributed by atoms with Crippen molar-refractivity contribution >= 4 is 11.8 Å². The Morgan fingerprint density at radius 1 is 1.83 bits per heavy atom. The van der Waals surface area contributed by atoms with Crippen LogP contribution >= 0.6 is 11.8 Å². The first-order valence-electron chi connectivity index (χ1n) is 1.36. The van der Waals surface area contributed by atoms with Crippen molar-refractivity contribution in [1.82, 2.24) is 4.84 Å². The first-order valence-corrected chi connectivity index (χ1v) is 1.74. The van der Waals surface area contributed by atoms with E-state index in [-0.39, 0.29) is 5.48 Å². The molecule has 0 rings (SSSR count). The van der Waals surface area contributed by atoms with Crippen molar-refractivity contribution in [1.29, 1.82) is 0 Å². The Kier molecular flexibility index (Phi) is 13.8. The van der Waals surface area contributed by atoms with Crippen molar-refractivity contribution in [3.05, 3.63) is 12.7 Å². The van der Waals surface area contributed by atoms with Crippen molar-refractivity contribution in [3.63, 3.8) is 0 Å². The average Bonchev–Trinajstić information content (AvgIpc) is 1.41. The summed E-state index contributed by atoms with van der Waals surface area (Å²) in [5, 5.41) is 0. The Morgan fingerprint density at radius 3 is 2.33 bits per heavy atom. The van der Waals surface area contributed by atoms with E-state index in [2.05, 4.69) is 11.4 Å². The predicted octanol–water partition coefficient (Wildman–Crippen LogP) is 0.0911. The van der Waals surface area contributed by atoms with Crippen LogP contribution < -0.4 is 4.84 Å². The Hall–Kier alpha value is -0.0500. The second-order valence-electron chi connectivity index (χ2n) is 0.626. The van der Waals surface area contributed by atoms with Gasteiger partial charge in [0.25, 0.3) is 0 Å². The summed E-state index contributed by atoms with van der Waals surface area (Å²) in [5.74, 6) is 0. The molecule has 0 atom stereocenters. The van der Waals surface area contributed by atoms with Gasteiger partial charge in [-0.05, 0) is 11.8 Å². The summed E-state index contributed by atoms with van der Waals surface area (Å²) in [7, 11) is 0. The van der Waals surface area contributed by atoms with Crippen molar-refractivity contribution in [2.45, 2.75) is 0 Å². The van der Waals surface area contributed by atoms with Gasteiger partial charge in [0.1, 0.15) is 0 Å². The molecule has 0 saturated heterocycles. The van der Waals surface area contributed by atoms with Gasteiger partial charge in [0.05, 0.1) is 0 Å². The maximum atomic E-state index is 4.98. The molecule has 0 aliphatic rings. The van der Waals surface area contributed by atoms with E-state index in [0.717, 1.165) is 0 Å². The fraction of sp³-hybridized carbons (Fsp3) is 0.333. The molecular weight excluding hydrogens is 101 g/mol. The third-order valence-corrected chi connectivity index (χ3v) is 0.376. The summed E-state index contributed by atoms with van der Waals surface area (Å²) >= 11 is 4.98. The molecule has 0 aromatic heterocycles. The van der Waals surface area contributed by atoms with Crippen LogP contribution in [0.4, 0.5) is 0 Å². The van der Waals surface area contributed by atoms with Crippen LogP contribution in [0, 0.1) is 0 Å². The predicted molar refractivity (Wildman–Crippen MR) is 27.7 cm³/mol. The Labute approximate surface area is 42.2 Å². The third-order valence-electron chi connectivity index (χ3n) is 0.221. The Bertz CT molecular complexity index is 32.0. The molecule has 0 aromatic rings. The molecule has 0 radical (unpaired) electrons. The van der Waals surface area contributed by atoms with E-state index in [1.807, 2.05) is 0 Å². The molecule has 0 fully saturated rings. The molecule has 38 valence electrons. The molecule has 0 aliphatic heterocycles. The lowest BCUT2D eigenvalue weighted by Crippen LogP contribution is -1.93. The second kappa shape index (κ2) is 8.87. The largest absolute Gasteiger partial charge is 0.412 e. The van der Waals surface area contributed by atoms with E-state index < -0.39 is 0 Å². The molecule has 6 heavy (non-hydrogen) atoms. The van der Waals surface area contributed by atoms with Gasteiger partial charge >= 0.3 is 0 Å². The fourth-order valence-electron chi connectivity index (χ4n) is 0.0546. The average molecular weight is 110 g/mol. The van der Waals surface area contributed by atoms with Gasteiger partial charge in [-0.3, -0.25) is 0 Å². The van der Waals surface area contributed by atoms with Gasteiger partial charge in [-0.25, -0.2) is 4.84 Å². The summed E-state index contributed by atoms with van der Waals surface area (Å²) in [5.41, 5.74) is 0. The summed E-state index contributed by atoms with van der Waals surface area (Å²) < 4.78 is 0. The molecule has 0 spiro atoms. The third kappa shape index (κ3) is 9.04. The highest BCUT2D eigenvalue weighted by molar-refractivity contribution is 6.13. The summed E-state index contributed by atoms with van der Waals surface area (Å²) in [6.07, 6.45) is 1.69. The lowest BCUT2D eigenvalue weighted by atomic mass is 10.7. The van der Waals surface area contributed by atoms with Gasteiger partial charge in [0, 0.05) is 6.54 Å². The maximum absolute atomic E-state index is 4.98. The summed E-state index contributed by atoms with van der Waals surface area (Å²) in [6.45, 7) is 4.07. The number of hydrogen-bond donors (Lipinski definition) is 1. The minimum atomic E-state index is 0. The number of nitrogens with one attached hydrogen (secondary N) is 1. The van der Waals surface area contributed by atoms with E-state index in [9.17, 15) is 0 Å². The first-order chi connectivity index (χ1) is 2.41. The van der Waals surface area contributed by atoms with Gasteiger partial charge < -0.3 is 5.48 Å². The summed E-state index contributed by atoms with van der Waals surface area (Å²) in [6, 6.07) is 0. The number of halogens is 1. The van der Waals surface area contributed by atoms with Crippen LogP contribution in [0.15, 0.2) is 12.7 Å². The molecule has 0 unspecified atom stereocenters. The second-order valence-corrected chi connectivity index (χ2v) is 0.894. The molecule has 3 N–H and O–H groups in total. The van der Waals surface area contributed by atoms with Crippen molar-refractivity contribution < 1.29 is 5.48 Å². The summed E-state index contributed by atoms with van der Waals surface area (Å²) in [4.78, 5) is 2.37. The van der Waals surface area contributed by atoms with Gasteiger partial charge in [-0.15, -0.1) is 6.58 Å². The van der Waals surface area contributed by atoms with Gasteiger partial charge in [0.2, 0.25) is 0 Å². The van der Waals surface area contributed by atoms with Crippen LogP contribution in [0.25, 0.3) is 0 Å². The monoisotopic (exact) mass is 109 g/mol. The van der Waals surface area contributed by atoms with E-state index in [0.29, 0.717) is 6.54 Å². The van der Waals surface area contributed by atoms with E-state index in [4.69, 9.17) is 11.8 Å². The van der Waals surface area contributed by atoms with Crippen LogP contribution in [0.1, 0.15) is 0 Å². The zero-order valence-electron chi connectivity index (χ0n) is 3.37. The van der Waals surface area contributed by atoms with Crippen molar-refractivity contribution in [3.8, 4) is 0 Å². The normalized spacial score (nSPS) is 6.17. The van der Waals surface area contributed by atoms with Gasteiger partial charge in [0.15, 0.2) is 0 Å². The number of rotatable bonds is 2. The topological polar surface area (TPSA) is 43.5 Å². The van der Waals surface area contributed by atoms with Crippen molar-refractivity contribution in [2.24, 2.45) is 0 Å². The Balaban J connectivity index is 0. The smallest absolute Gasteiger partial charge is 0.0286 e. The minimum absolute atomic E-state index is 0. The molecule has 0 aromatic carbocycles. The quantitative estimate of drug-likeness (QED) is 0.397. The lowest BCUT2D eigenvalue weighted by molar-refractivity contribution is 0.824. The first kappa shape index (κ1) is 9.34. The molecule has 3 heteroatoms. The highest BCUT2D eigenvalue weighted by atomic mass is 35.5. The number of hydrogen-bond acceptors (Lipinski definition) is 1. The maximum Gasteiger partial charge on any atom is 0.0286 e. The minimum Gasteiger partial charge on any atom is -0.412 e. The van der Waals surface area contributed by atoms with Gasteiger partial charge in [-0.1, -0.05) is 6.08 Å². The highest BCUT2D eigenvalue weighted by Crippen LogP contribution is 1.58. The van der Waals surface area contributed by atoms with E-state index >= 15 is 0 Å². The Morgan fingerprint density at radius 2 is 2.33 bits per heavy atom. The van der Waals surface area contributed by atoms with Crippen LogP contribution in [0.2, 0.25) is 0 Å². The van der Waals surface area contributed by atoms with Crippen LogP contribution in [0.5, 0.6) is 0 Å². The zero-order chi connectivity index (χ0) is 4.12. The lowest BCUT2D eigenvalue weighted by Gasteiger charge is -1.75. The molecule has 0 aliphatic carbocycles. The van der Waals surface area contributed by atoms with E-state index in [1.54, 1.807) is 6.08 Å². The standard InChI is InChI=1S/C3H6ClN.H2O/c1-2-3-5-4;/h2,5H,1,3H2;1H2.